The van der Waals surface area contributed by atoms with Crippen molar-refractivity contribution < 1.29 is 13.9 Å². The first kappa shape index (κ1) is 17.7. The van der Waals surface area contributed by atoms with Crippen molar-refractivity contribution in [1.82, 2.24) is 4.68 Å². The van der Waals surface area contributed by atoms with E-state index in [0.717, 1.165) is 6.07 Å². The molecule has 1 fully saturated rings. The number of pyridine rings is 1. The van der Waals surface area contributed by atoms with E-state index in [0.29, 0.717) is 5.52 Å². The highest BCUT2D eigenvalue weighted by Crippen LogP contribution is 2.49. The normalized spacial score (nSPS) is 17.6. The number of halogens is 2. The van der Waals surface area contributed by atoms with Crippen LogP contribution >= 0.6 is 11.6 Å². The Morgan fingerprint density at radius 3 is 2.36 bits per heavy atom. The van der Waals surface area contributed by atoms with Crippen molar-refractivity contribution in [1.29, 1.82) is 0 Å². The van der Waals surface area contributed by atoms with Crippen LogP contribution in [0, 0.1) is 5.82 Å². The fourth-order valence-corrected chi connectivity index (χ4v) is 3.41. The van der Waals surface area contributed by atoms with E-state index in [2.05, 4.69) is 0 Å². The monoisotopic (exact) mass is 366 g/mol. The second-order valence-electron chi connectivity index (χ2n) is 7.15. The van der Waals surface area contributed by atoms with Gasteiger partial charge in [0.1, 0.15) is 11.4 Å². The number of benzene rings is 1. The van der Waals surface area contributed by atoms with Crippen molar-refractivity contribution >= 4 is 28.5 Å². The van der Waals surface area contributed by atoms with E-state index in [1.807, 2.05) is 32.7 Å². The molecular weight excluding hydrogens is 347 g/mol. The molecular formula is C18H20ClFN2O3. The van der Waals surface area contributed by atoms with Crippen molar-refractivity contribution in [3.63, 3.8) is 0 Å². The minimum atomic E-state index is -0.726. The second kappa shape index (κ2) is 5.46. The number of hydrogen-bond donors (Lipinski definition) is 0. The van der Waals surface area contributed by atoms with Crippen LogP contribution in [0.15, 0.2) is 23.1 Å². The van der Waals surface area contributed by atoms with Gasteiger partial charge in [-0.25, -0.2) is 9.18 Å². The van der Waals surface area contributed by atoms with Gasteiger partial charge in [-0.05, 0) is 46.8 Å². The molecule has 5 nitrogen and oxygen atoms in total. The van der Waals surface area contributed by atoms with E-state index in [1.165, 1.54) is 12.3 Å². The molecule has 2 aromatic rings. The maximum absolute atomic E-state index is 14.0. The highest BCUT2D eigenvalue weighted by Gasteiger charge is 2.64. The van der Waals surface area contributed by atoms with Gasteiger partial charge < -0.3 is 4.74 Å². The molecule has 1 saturated heterocycles. The van der Waals surface area contributed by atoms with E-state index in [4.69, 9.17) is 16.3 Å². The number of carbonyl (C=O) groups excluding carboxylic acids is 1. The van der Waals surface area contributed by atoms with E-state index in [-0.39, 0.29) is 33.7 Å². The first-order valence-electron chi connectivity index (χ1n) is 8.06. The van der Waals surface area contributed by atoms with Crippen molar-refractivity contribution in [3.05, 3.63) is 45.0 Å². The van der Waals surface area contributed by atoms with E-state index < -0.39 is 17.2 Å². The Balaban J connectivity index is 2.35. The molecule has 1 aliphatic heterocycles. The Kier molecular flexibility index (Phi) is 3.87. The van der Waals surface area contributed by atoms with Crippen LogP contribution in [0.4, 0.5) is 4.39 Å². The number of rotatable bonds is 3. The zero-order chi connectivity index (χ0) is 18.7. The van der Waals surface area contributed by atoms with Crippen molar-refractivity contribution in [2.75, 3.05) is 11.6 Å². The first-order valence-corrected chi connectivity index (χ1v) is 8.44. The minimum Gasteiger partial charge on any atom is -0.462 e. The predicted molar refractivity (Wildman–Crippen MR) is 95.5 cm³/mol. The van der Waals surface area contributed by atoms with Crippen LogP contribution < -0.4 is 10.4 Å². The Morgan fingerprint density at radius 1 is 1.24 bits per heavy atom. The molecule has 1 aromatic carbocycles. The smallest absolute Gasteiger partial charge is 0.343 e. The lowest BCUT2D eigenvalue weighted by Crippen LogP contribution is -2.28. The SMILES string of the molecule is CCOC(=O)c1cn(N2C(C)(C)C2(C)C)c2cc(Cl)c(F)cc2c1=O. The number of fused-ring (bicyclic) bond motifs is 1. The quantitative estimate of drug-likeness (QED) is 0.616. The van der Waals surface area contributed by atoms with Gasteiger partial charge in [0.15, 0.2) is 0 Å². The fourth-order valence-electron chi connectivity index (χ4n) is 3.25. The summed E-state index contributed by atoms with van der Waals surface area (Å²) in [5.74, 6) is -1.43. The molecule has 0 aliphatic carbocycles. The zero-order valence-electron chi connectivity index (χ0n) is 14.8. The van der Waals surface area contributed by atoms with Crippen LogP contribution in [-0.2, 0) is 4.74 Å². The summed E-state index contributed by atoms with van der Waals surface area (Å²) in [5, 5.41) is 2.02. The average molecular weight is 367 g/mol. The molecule has 1 aliphatic rings. The van der Waals surface area contributed by atoms with Crippen LogP contribution in [0.2, 0.25) is 5.02 Å². The maximum Gasteiger partial charge on any atom is 0.343 e. The molecule has 0 saturated carbocycles. The lowest BCUT2D eigenvalue weighted by molar-refractivity contribution is 0.0524. The summed E-state index contributed by atoms with van der Waals surface area (Å²) in [7, 11) is 0. The molecule has 0 unspecified atom stereocenters. The molecule has 0 radical (unpaired) electrons. The zero-order valence-corrected chi connectivity index (χ0v) is 15.6. The van der Waals surface area contributed by atoms with Crippen LogP contribution in [0.3, 0.4) is 0 Å². The van der Waals surface area contributed by atoms with Crippen molar-refractivity contribution in [2.45, 2.75) is 45.7 Å². The Hall–Kier alpha value is -2.08. The summed E-state index contributed by atoms with van der Waals surface area (Å²) >= 11 is 5.93. The number of ether oxygens (including phenoxy) is 1. The van der Waals surface area contributed by atoms with Gasteiger partial charge in [0.2, 0.25) is 5.43 Å². The number of nitrogens with zero attached hydrogens (tertiary/aromatic N) is 2. The van der Waals surface area contributed by atoms with E-state index >= 15 is 0 Å². The standard InChI is InChI=1S/C18H20ClFN2O3/c1-6-25-16(24)11-9-21(22-17(2,3)18(22,4)5)14-8-12(19)13(20)7-10(14)15(11)23/h7-9H,6H2,1-5H3. The van der Waals surface area contributed by atoms with Gasteiger partial charge in [-0.15, -0.1) is 0 Å². The van der Waals surface area contributed by atoms with Crippen molar-refractivity contribution in [3.8, 4) is 0 Å². The predicted octanol–water partition coefficient (Wildman–Crippen LogP) is 3.48. The van der Waals surface area contributed by atoms with Gasteiger partial charge >= 0.3 is 5.97 Å². The number of aromatic nitrogens is 1. The third-order valence-electron chi connectivity index (χ3n) is 5.24. The van der Waals surface area contributed by atoms with Crippen LogP contribution in [-0.4, -0.2) is 28.3 Å². The second-order valence-corrected chi connectivity index (χ2v) is 7.56. The minimum absolute atomic E-state index is 0.0815. The molecule has 7 heteroatoms. The van der Waals surface area contributed by atoms with Gasteiger partial charge in [-0.2, -0.15) is 0 Å². The first-order chi connectivity index (χ1) is 11.5. The third-order valence-corrected chi connectivity index (χ3v) is 5.53. The largest absolute Gasteiger partial charge is 0.462 e. The number of esters is 1. The van der Waals surface area contributed by atoms with Crippen LogP contribution in [0.25, 0.3) is 10.9 Å². The average Bonchev–Trinajstić information content (AvgIpc) is 2.92. The molecule has 0 amide bonds. The van der Waals surface area contributed by atoms with Crippen molar-refractivity contribution in [2.24, 2.45) is 0 Å². The van der Waals surface area contributed by atoms with E-state index in [9.17, 15) is 14.0 Å². The Bertz CT molecular complexity index is 935. The molecule has 134 valence electrons. The van der Waals surface area contributed by atoms with Gasteiger partial charge in [0, 0.05) is 6.20 Å². The molecule has 3 rings (SSSR count). The number of carbonyl (C=O) groups is 1. The van der Waals surface area contributed by atoms with Gasteiger partial charge in [-0.3, -0.25) is 14.5 Å². The molecule has 2 heterocycles. The number of hydrogen-bond acceptors (Lipinski definition) is 4. The lowest BCUT2D eigenvalue weighted by Gasteiger charge is -2.19. The Labute approximate surface area is 149 Å². The Morgan fingerprint density at radius 2 is 1.84 bits per heavy atom. The van der Waals surface area contributed by atoms with Crippen LogP contribution in [0.5, 0.6) is 0 Å². The topological polar surface area (TPSA) is 51.3 Å². The highest BCUT2D eigenvalue weighted by molar-refractivity contribution is 6.31. The molecule has 25 heavy (non-hydrogen) atoms. The van der Waals surface area contributed by atoms with E-state index in [1.54, 1.807) is 11.6 Å². The maximum atomic E-state index is 14.0. The summed E-state index contributed by atoms with van der Waals surface area (Å²) in [4.78, 5) is 24.9. The molecule has 0 spiro atoms. The fraction of sp³-hybridized carbons (Fsp3) is 0.444. The summed E-state index contributed by atoms with van der Waals surface area (Å²) in [6, 6.07) is 2.48. The van der Waals surface area contributed by atoms with Crippen LogP contribution in [0.1, 0.15) is 45.0 Å². The summed E-state index contributed by atoms with van der Waals surface area (Å²) in [5.41, 5.74) is -0.695. The molecule has 0 atom stereocenters. The highest BCUT2D eigenvalue weighted by atomic mass is 35.5. The molecule has 0 bridgehead atoms. The third kappa shape index (κ3) is 2.42. The summed E-state index contributed by atoms with van der Waals surface area (Å²) in [6.07, 6.45) is 1.45. The molecule has 1 aromatic heterocycles. The van der Waals surface area contributed by atoms with Gasteiger partial charge in [-0.1, -0.05) is 11.6 Å². The van der Waals surface area contributed by atoms with Gasteiger partial charge in [0.25, 0.3) is 0 Å². The van der Waals surface area contributed by atoms with Gasteiger partial charge in [0.05, 0.1) is 33.6 Å². The summed E-state index contributed by atoms with van der Waals surface area (Å²) in [6.45, 7) is 10.00. The summed E-state index contributed by atoms with van der Waals surface area (Å²) < 4.78 is 20.6. The lowest BCUT2D eigenvalue weighted by atomic mass is 10.0. The molecule has 0 N–H and O–H groups in total.